The number of ether oxygens (including phenoxy) is 1. The minimum Gasteiger partial charge on any atom is -0.497 e. The SMILES string of the molecule is COc1ccc(N(C)S(=O)(=O)c2ccc(C(O)(C(F)(F)F)C(F)(F)F)cc2)cc1. The quantitative estimate of drug-likeness (QED) is 0.714. The summed E-state index contributed by atoms with van der Waals surface area (Å²) in [5, 5.41) is 9.36. The minimum absolute atomic E-state index is 0.178. The highest BCUT2D eigenvalue weighted by Gasteiger charge is 2.71. The molecule has 2 aromatic carbocycles. The molecule has 2 aromatic rings. The van der Waals surface area contributed by atoms with Gasteiger partial charge in [0.25, 0.3) is 15.6 Å². The standard InChI is InChI=1S/C17H15F6NO4S/c1-24(12-5-7-13(28-2)8-6-12)29(26,27)14-9-3-11(4-10-14)15(25,16(18,19)20)17(21,22)23/h3-10,25H,1-2H3. The summed E-state index contributed by atoms with van der Waals surface area (Å²) < 4.78 is 109. The first-order valence-electron chi connectivity index (χ1n) is 7.75. The smallest absolute Gasteiger partial charge is 0.430 e. The summed E-state index contributed by atoms with van der Waals surface area (Å²) in [6.45, 7) is 0. The third-order valence-corrected chi connectivity index (χ3v) is 5.99. The summed E-state index contributed by atoms with van der Waals surface area (Å²) in [6.07, 6.45) is -12.1. The number of alkyl halides is 6. The number of sulfonamides is 1. The van der Waals surface area contributed by atoms with Crippen molar-refractivity contribution >= 4 is 15.7 Å². The highest BCUT2D eigenvalue weighted by molar-refractivity contribution is 7.92. The van der Waals surface area contributed by atoms with Crippen LogP contribution in [0.15, 0.2) is 53.4 Å². The molecule has 0 aliphatic carbocycles. The first kappa shape index (κ1) is 22.8. The number of benzene rings is 2. The Hall–Kier alpha value is -2.47. The zero-order valence-electron chi connectivity index (χ0n) is 14.9. The number of nitrogens with zero attached hydrogens (tertiary/aromatic N) is 1. The van der Waals surface area contributed by atoms with E-state index in [9.17, 15) is 39.9 Å². The van der Waals surface area contributed by atoms with Crippen molar-refractivity contribution in [2.24, 2.45) is 0 Å². The number of rotatable bonds is 5. The first-order chi connectivity index (χ1) is 13.2. The van der Waals surface area contributed by atoms with Gasteiger partial charge in [0.2, 0.25) is 0 Å². The lowest BCUT2D eigenvalue weighted by molar-refractivity contribution is -0.376. The molecule has 12 heteroatoms. The Labute approximate surface area is 162 Å². The zero-order chi connectivity index (χ0) is 22.3. The molecule has 0 aromatic heterocycles. The second-order valence-corrected chi connectivity index (χ2v) is 7.87. The Morgan fingerprint density at radius 3 is 1.69 bits per heavy atom. The molecular formula is C17H15F6NO4S. The fraction of sp³-hybridized carbons (Fsp3) is 0.294. The minimum atomic E-state index is -6.06. The molecule has 5 nitrogen and oxygen atoms in total. The van der Waals surface area contributed by atoms with Crippen LogP contribution >= 0.6 is 0 Å². The molecule has 0 saturated carbocycles. The van der Waals surface area contributed by atoms with Crippen molar-refractivity contribution in [3.05, 3.63) is 54.1 Å². The highest BCUT2D eigenvalue weighted by Crippen LogP contribution is 2.50. The maximum Gasteiger partial charge on any atom is 0.430 e. The highest BCUT2D eigenvalue weighted by atomic mass is 32.2. The fourth-order valence-electron chi connectivity index (χ4n) is 2.45. The van der Waals surface area contributed by atoms with Crippen molar-refractivity contribution in [3.8, 4) is 5.75 Å². The van der Waals surface area contributed by atoms with Crippen LogP contribution in [0.5, 0.6) is 5.75 Å². The fourth-order valence-corrected chi connectivity index (χ4v) is 3.64. The Morgan fingerprint density at radius 2 is 1.31 bits per heavy atom. The first-order valence-corrected chi connectivity index (χ1v) is 9.19. The number of aliphatic hydroxyl groups is 1. The number of anilines is 1. The molecule has 0 radical (unpaired) electrons. The summed E-state index contributed by atoms with van der Waals surface area (Å²) in [7, 11) is -1.73. The van der Waals surface area contributed by atoms with Crippen LogP contribution in [0.3, 0.4) is 0 Å². The van der Waals surface area contributed by atoms with Crippen LogP contribution in [-0.4, -0.2) is 40.0 Å². The number of hydrogen-bond donors (Lipinski definition) is 1. The van der Waals surface area contributed by atoms with Gasteiger partial charge in [0.1, 0.15) is 5.75 Å². The third kappa shape index (κ3) is 3.99. The van der Waals surface area contributed by atoms with Crippen molar-refractivity contribution in [1.82, 2.24) is 0 Å². The summed E-state index contributed by atoms with van der Waals surface area (Å²) in [5.74, 6) is 0.447. The average Bonchev–Trinajstić information content (AvgIpc) is 2.65. The molecule has 0 aliphatic rings. The van der Waals surface area contributed by atoms with Gasteiger partial charge in [-0.2, -0.15) is 26.3 Å². The Bertz CT molecular complexity index is 939. The Balaban J connectivity index is 2.44. The number of halogens is 6. The van der Waals surface area contributed by atoms with E-state index in [0.29, 0.717) is 17.9 Å². The van der Waals surface area contributed by atoms with Gasteiger partial charge in [-0.1, -0.05) is 12.1 Å². The molecule has 0 saturated heterocycles. The van der Waals surface area contributed by atoms with Crippen LogP contribution in [0.2, 0.25) is 0 Å². The number of hydrogen-bond acceptors (Lipinski definition) is 4. The zero-order valence-corrected chi connectivity index (χ0v) is 15.7. The molecule has 0 unspecified atom stereocenters. The molecule has 0 aliphatic heterocycles. The van der Waals surface area contributed by atoms with Crippen molar-refractivity contribution in [3.63, 3.8) is 0 Å². The predicted molar refractivity (Wildman–Crippen MR) is 91.0 cm³/mol. The van der Waals surface area contributed by atoms with E-state index < -0.39 is 38.4 Å². The summed E-state index contributed by atoms with van der Waals surface area (Å²) >= 11 is 0. The lowest BCUT2D eigenvalue weighted by Gasteiger charge is -2.32. The van der Waals surface area contributed by atoms with E-state index in [4.69, 9.17) is 4.74 Å². The second-order valence-electron chi connectivity index (χ2n) is 5.90. The largest absolute Gasteiger partial charge is 0.497 e. The van der Waals surface area contributed by atoms with Gasteiger partial charge in [-0.3, -0.25) is 4.31 Å². The monoisotopic (exact) mass is 443 g/mol. The Kier molecular flexibility index (Phi) is 5.83. The van der Waals surface area contributed by atoms with E-state index in [-0.39, 0.29) is 17.8 Å². The molecule has 0 amide bonds. The molecule has 0 bridgehead atoms. The summed E-state index contributed by atoms with van der Waals surface area (Å²) in [4.78, 5) is -0.564. The maximum atomic E-state index is 12.9. The van der Waals surface area contributed by atoms with Gasteiger partial charge < -0.3 is 9.84 Å². The van der Waals surface area contributed by atoms with Crippen LogP contribution in [0.25, 0.3) is 0 Å². The Morgan fingerprint density at radius 1 is 0.862 bits per heavy atom. The molecule has 160 valence electrons. The van der Waals surface area contributed by atoms with Crippen LogP contribution in [0, 0.1) is 0 Å². The van der Waals surface area contributed by atoms with Gasteiger partial charge in [0.15, 0.2) is 0 Å². The lowest BCUT2D eigenvalue weighted by atomic mass is 9.92. The molecular weight excluding hydrogens is 428 g/mol. The van der Waals surface area contributed by atoms with Crippen LogP contribution in [0.1, 0.15) is 5.56 Å². The van der Waals surface area contributed by atoms with E-state index >= 15 is 0 Å². The van der Waals surface area contributed by atoms with Crippen molar-refractivity contribution in [2.45, 2.75) is 22.8 Å². The van der Waals surface area contributed by atoms with Gasteiger partial charge >= 0.3 is 12.4 Å². The van der Waals surface area contributed by atoms with Crippen LogP contribution < -0.4 is 9.04 Å². The number of methoxy groups -OCH3 is 1. The van der Waals surface area contributed by atoms with Gasteiger partial charge in [0, 0.05) is 12.6 Å². The van der Waals surface area contributed by atoms with E-state index in [1.807, 2.05) is 0 Å². The van der Waals surface area contributed by atoms with Crippen molar-refractivity contribution < 1.29 is 44.6 Å². The van der Waals surface area contributed by atoms with Gasteiger partial charge in [-0.05, 0) is 36.4 Å². The summed E-state index contributed by atoms with van der Waals surface area (Å²) in [5.41, 5.74) is -6.51. The molecule has 29 heavy (non-hydrogen) atoms. The molecule has 2 rings (SSSR count). The molecule has 0 spiro atoms. The average molecular weight is 443 g/mol. The van der Waals surface area contributed by atoms with Gasteiger partial charge in [-0.25, -0.2) is 8.42 Å². The molecule has 1 N–H and O–H groups in total. The van der Waals surface area contributed by atoms with E-state index in [2.05, 4.69) is 0 Å². The van der Waals surface area contributed by atoms with E-state index in [1.165, 1.54) is 31.4 Å². The van der Waals surface area contributed by atoms with Gasteiger partial charge in [-0.15, -0.1) is 0 Å². The normalized spacial score (nSPS) is 13.3. The molecule has 0 atom stereocenters. The van der Waals surface area contributed by atoms with Gasteiger partial charge in [0.05, 0.1) is 17.7 Å². The summed E-state index contributed by atoms with van der Waals surface area (Å²) in [6, 6.07) is 7.41. The lowest BCUT2D eigenvalue weighted by Crippen LogP contribution is -2.53. The molecule has 0 fully saturated rings. The maximum absolute atomic E-state index is 12.9. The van der Waals surface area contributed by atoms with Crippen LogP contribution in [-0.2, 0) is 15.6 Å². The predicted octanol–water partition coefficient (Wildman–Crippen LogP) is 3.83. The second kappa shape index (κ2) is 7.41. The van der Waals surface area contributed by atoms with Crippen molar-refractivity contribution in [1.29, 1.82) is 0 Å². The van der Waals surface area contributed by atoms with E-state index in [0.717, 1.165) is 11.4 Å². The topological polar surface area (TPSA) is 66.8 Å². The van der Waals surface area contributed by atoms with E-state index in [1.54, 1.807) is 0 Å². The molecule has 0 heterocycles. The third-order valence-electron chi connectivity index (χ3n) is 4.19. The van der Waals surface area contributed by atoms with Crippen LogP contribution in [0.4, 0.5) is 32.0 Å². The van der Waals surface area contributed by atoms with Crippen molar-refractivity contribution in [2.75, 3.05) is 18.5 Å².